The minimum Gasteiger partial charge on any atom is -0.385 e. The third kappa shape index (κ3) is 2.60. The molecular weight excluding hydrogens is 217 g/mol. The maximum Gasteiger partial charge on any atom is 0.269 e. The molecule has 0 amide bonds. The van der Waals surface area contributed by atoms with Gasteiger partial charge < -0.3 is 5.11 Å². The van der Waals surface area contributed by atoms with Crippen molar-refractivity contribution < 1.29 is 19.2 Å². The van der Waals surface area contributed by atoms with Gasteiger partial charge in [-0.25, -0.2) is 4.39 Å². The van der Waals surface area contributed by atoms with E-state index >= 15 is 0 Å². The number of nitro benzene ring substituents is 1. The van der Waals surface area contributed by atoms with Crippen molar-refractivity contribution in [1.29, 1.82) is 0 Å². The summed E-state index contributed by atoms with van der Waals surface area (Å²) in [5.74, 6) is -0.786. The summed E-state index contributed by atoms with van der Waals surface area (Å²) >= 11 is 0. The second-order valence-corrected chi connectivity index (χ2v) is 3.31. The minimum atomic E-state index is -2.01. The molecule has 1 rings (SSSR count). The molecule has 0 aliphatic carbocycles. The highest BCUT2D eigenvalue weighted by Gasteiger charge is 2.24. The van der Waals surface area contributed by atoms with Gasteiger partial charge in [0.2, 0.25) is 0 Å². The number of aliphatic hydroxyl groups is 1. The van der Waals surface area contributed by atoms with Crippen LogP contribution in [-0.4, -0.2) is 22.0 Å². The predicted octanol–water partition coefficient (Wildman–Crippen LogP) is 1.56. The Morgan fingerprint density at radius 3 is 2.31 bits per heavy atom. The van der Waals surface area contributed by atoms with E-state index in [4.69, 9.17) is 0 Å². The molecule has 0 spiro atoms. The first kappa shape index (κ1) is 12.3. The highest BCUT2D eigenvalue weighted by Crippen LogP contribution is 2.22. The molecule has 2 atom stereocenters. The van der Waals surface area contributed by atoms with Gasteiger partial charge in [0.05, 0.1) is 4.92 Å². The quantitative estimate of drug-likeness (QED) is 0.625. The van der Waals surface area contributed by atoms with E-state index in [1.165, 1.54) is 12.1 Å². The van der Waals surface area contributed by atoms with E-state index in [2.05, 4.69) is 0 Å². The molecule has 5 nitrogen and oxygen atoms in total. The molecule has 1 N–H and O–H groups in total. The van der Waals surface area contributed by atoms with Crippen molar-refractivity contribution in [3.63, 3.8) is 0 Å². The summed E-state index contributed by atoms with van der Waals surface area (Å²) in [6, 6.07) is 4.73. The number of carbonyl (C=O) groups is 1. The lowest BCUT2D eigenvalue weighted by Crippen LogP contribution is -2.21. The van der Waals surface area contributed by atoms with Crippen LogP contribution in [0, 0.1) is 10.1 Å². The molecule has 1 aromatic rings. The number of alkyl halides is 1. The monoisotopic (exact) mass is 227 g/mol. The Morgan fingerprint density at radius 2 is 1.94 bits per heavy atom. The molecule has 0 unspecified atom stereocenters. The Labute approximate surface area is 90.7 Å². The first-order chi connectivity index (χ1) is 7.43. The number of non-ortho nitro benzene ring substituents is 1. The number of nitro groups is 1. The largest absolute Gasteiger partial charge is 0.385 e. The van der Waals surface area contributed by atoms with Gasteiger partial charge in [0.15, 0.2) is 12.0 Å². The van der Waals surface area contributed by atoms with Gasteiger partial charge in [-0.3, -0.25) is 14.9 Å². The van der Waals surface area contributed by atoms with Gasteiger partial charge >= 0.3 is 0 Å². The number of hydrogen-bond donors (Lipinski definition) is 1. The fourth-order valence-corrected chi connectivity index (χ4v) is 1.18. The number of hydrogen-bond acceptors (Lipinski definition) is 4. The fourth-order valence-electron chi connectivity index (χ4n) is 1.18. The molecule has 0 fully saturated rings. The summed E-state index contributed by atoms with van der Waals surface area (Å²) in [5.41, 5.74) is -0.0255. The summed E-state index contributed by atoms with van der Waals surface area (Å²) < 4.78 is 13.1. The number of halogens is 1. The first-order valence-electron chi connectivity index (χ1n) is 4.50. The number of ketones is 1. The van der Waals surface area contributed by atoms with Crippen LogP contribution in [0.1, 0.15) is 18.6 Å². The standard InChI is InChI=1S/C10H10FNO4/c1-6(13)9(11)10(14)7-2-4-8(5-3-7)12(15)16/h2-5,9-10,14H,1H3/t9-,10+/m1/s1. The summed E-state index contributed by atoms with van der Waals surface area (Å²) in [5, 5.41) is 19.8. The SMILES string of the molecule is CC(=O)[C@@H](F)[C@@H](O)c1ccc([N+](=O)[O-])cc1. The maximum atomic E-state index is 13.1. The molecule has 0 bridgehead atoms. The molecule has 0 aliphatic rings. The van der Waals surface area contributed by atoms with Crippen molar-refractivity contribution in [3.05, 3.63) is 39.9 Å². The van der Waals surface area contributed by atoms with Gasteiger partial charge in [0, 0.05) is 12.1 Å². The molecule has 86 valence electrons. The number of benzene rings is 1. The van der Waals surface area contributed by atoms with Crippen LogP contribution in [0.2, 0.25) is 0 Å². The summed E-state index contributed by atoms with van der Waals surface area (Å²) in [7, 11) is 0. The topological polar surface area (TPSA) is 80.4 Å². The van der Waals surface area contributed by atoms with E-state index < -0.39 is 23.0 Å². The zero-order valence-corrected chi connectivity index (χ0v) is 8.46. The van der Waals surface area contributed by atoms with Gasteiger partial charge in [0.25, 0.3) is 5.69 Å². The van der Waals surface area contributed by atoms with Gasteiger partial charge in [-0.2, -0.15) is 0 Å². The molecule has 0 heterocycles. The highest BCUT2D eigenvalue weighted by atomic mass is 19.1. The van der Waals surface area contributed by atoms with E-state index in [-0.39, 0.29) is 11.3 Å². The van der Waals surface area contributed by atoms with Crippen LogP contribution in [0.25, 0.3) is 0 Å². The van der Waals surface area contributed by atoms with Crippen LogP contribution in [0.15, 0.2) is 24.3 Å². The van der Waals surface area contributed by atoms with Crippen molar-refractivity contribution in [1.82, 2.24) is 0 Å². The van der Waals surface area contributed by atoms with E-state index in [9.17, 15) is 24.4 Å². The zero-order chi connectivity index (χ0) is 12.3. The number of rotatable bonds is 4. The van der Waals surface area contributed by atoms with Crippen molar-refractivity contribution in [2.45, 2.75) is 19.2 Å². The lowest BCUT2D eigenvalue weighted by atomic mass is 10.0. The number of carbonyl (C=O) groups excluding carboxylic acids is 1. The van der Waals surface area contributed by atoms with E-state index in [0.717, 1.165) is 19.1 Å². The van der Waals surface area contributed by atoms with Crippen LogP contribution in [0.5, 0.6) is 0 Å². The van der Waals surface area contributed by atoms with Crippen molar-refractivity contribution >= 4 is 11.5 Å². The van der Waals surface area contributed by atoms with Crippen LogP contribution < -0.4 is 0 Å². The minimum absolute atomic E-state index is 0.133. The predicted molar refractivity (Wildman–Crippen MR) is 53.6 cm³/mol. The molecule has 16 heavy (non-hydrogen) atoms. The lowest BCUT2D eigenvalue weighted by molar-refractivity contribution is -0.384. The zero-order valence-electron chi connectivity index (χ0n) is 8.46. The summed E-state index contributed by atoms with van der Waals surface area (Å²) in [6.07, 6.45) is -3.60. The molecule has 0 aliphatic heterocycles. The number of aliphatic hydroxyl groups excluding tert-OH is 1. The van der Waals surface area contributed by atoms with Crippen molar-refractivity contribution in [2.24, 2.45) is 0 Å². The first-order valence-corrected chi connectivity index (χ1v) is 4.50. The average Bonchev–Trinajstić information content (AvgIpc) is 2.27. The Balaban J connectivity index is 2.89. The second kappa shape index (κ2) is 4.80. The lowest BCUT2D eigenvalue weighted by Gasteiger charge is -2.12. The normalized spacial score (nSPS) is 14.2. The van der Waals surface area contributed by atoms with E-state index in [1.54, 1.807) is 0 Å². The molecule has 0 saturated carbocycles. The number of nitrogens with zero attached hydrogens (tertiary/aromatic N) is 1. The Kier molecular flexibility index (Phi) is 3.68. The van der Waals surface area contributed by atoms with Crippen molar-refractivity contribution in [2.75, 3.05) is 0 Å². The number of Topliss-reactive ketones (excluding diaryl/α,β-unsaturated/α-hetero) is 1. The Morgan fingerprint density at radius 1 is 1.44 bits per heavy atom. The van der Waals surface area contributed by atoms with Crippen LogP contribution in [0.3, 0.4) is 0 Å². The smallest absolute Gasteiger partial charge is 0.269 e. The van der Waals surface area contributed by atoms with Crippen LogP contribution >= 0.6 is 0 Å². The molecule has 6 heteroatoms. The maximum absolute atomic E-state index is 13.1. The summed E-state index contributed by atoms with van der Waals surface area (Å²) in [6.45, 7) is 1.03. The highest BCUT2D eigenvalue weighted by molar-refractivity contribution is 5.81. The third-order valence-electron chi connectivity index (χ3n) is 2.11. The van der Waals surface area contributed by atoms with E-state index in [0.29, 0.717) is 0 Å². The van der Waals surface area contributed by atoms with E-state index in [1.807, 2.05) is 0 Å². The van der Waals surface area contributed by atoms with Gasteiger partial charge in [-0.05, 0) is 24.6 Å². The Bertz CT molecular complexity index is 404. The molecule has 1 aromatic carbocycles. The molecule has 0 aromatic heterocycles. The Hall–Kier alpha value is -1.82. The van der Waals surface area contributed by atoms with Gasteiger partial charge in [-0.15, -0.1) is 0 Å². The van der Waals surface area contributed by atoms with Gasteiger partial charge in [-0.1, -0.05) is 0 Å². The fraction of sp³-hybridized carbons (Fsp3) is 0.300. The van der Waals surface area contributed by atoms with Crippen molar-refractivity contribution in [3.8, 4) is 0 Å². The third-order valence-corrected chi connectivity index (χ3v) is 2.11. The van der Waals surface area contributed by atoms with Crippen LogP contribution in [-0.2, 0) is 4.79 Å². The molecule has 0 saturated heterocycles. The summed E-state index contributed by atoms with van der Waals surface area (Å²) in [4.78, 5) is 20.4. The molecular formula is C10H10FNO4. The second-order valence-electron chi connectivity index (χ2n) is 3.31. The average molecular weight is 227 g/mol. The van der Waals surface area contributed by atoms with Gasteiger partial charge in [0.1, 0.15) is 6.10 Å². The van der Waals surface area contributed by atoms with Crippen LogP contribution in [0.4, 0.5) is 10.1 Å². The molecule has 0 radical (unpaired) electrons.